The maximum Gasteiger partial charge on any atom is 0.319 e. The number of carbonyl (C=O) groups excluding carboxylic acids is 1. The minimum atomic E-state index is -0.397. The van der Waals surface area contributed by atoms with Crippen LogP contribution in [0.15, 0.2) is 85.2 Å². The summed E-state index contributed by atoms with van der Waals surface area (Å²) >= 11 is 0. The highest BCUT2D eigenvalue weighted by molar-refractivity contribution is 5.98. The Hall–Kier alpha value is -3.73. The second-order valence-electron chi connectivity index (χ2n) is 6.38. The van der Waals surface area contributed by atoms with E-state index in [1.807, 2.05) is 36.5 Å². The molecule has 1 aromatic heterocycles. The number of halogens is 1. The molecule has 0 radical (unpaired) electrons. The number of fused-ring (bicyclic) bond motifs is 1. The van der Waals surface area contributed by atoms with E-state index >= 15 is 0 Å². The third-order valence-corrected chi connectivity index (χ3v) is 4.52. The average Bonchev–Trinajstić information content (AvgIpc) is 2.72. The molecular weight excluding hydrogens is 353 g/mol. The Bertz CT molecular complexity index is 1130. The van der Waals surface area contributed by atoms with Crippen LogP contribution >= 0.6 is 0 Å². The molecule has 0 atom stereocenters. The lowest BCUT2D eigenvalue weighted by atomic mass is 9.96. The van der Waals surface area contributed by atoms with Gasteiger partial charge < -0.3 is 10.6 Å². The normalized spacial score (nSPS) is 10.6. The quantitative estimate of drug-likeness (QED) is 0.507. The fourth-order valence-corrected chi connectivity index (χ4v) is 3.19. The second-order valence-corrected chi connectivity index (χ2v) is 6.38. The van der Waals surface area contributed by atoms with Crippen molar-refractivity contribution in [2.75, 3.05) is 5.32 Å². The first kappa shape index (κ1) is 17.7. The Balaban J connectivity index is 1.56. The van der Waals surface area contributed by atoms with Crippen molar-refractivity contribution in [1.82, 2.24) is 10.3 Å². The van der Waals surface area contributed by atoms with Crippen LogP contribution in [-0.2, 0) is 6.54 Å². The van der Waals surface area contributed by atoms with Crippen molar-refractivity contribution in [3.63, 3.8) is 0 Å². The van der Waals surface area contributed by atoms with Crippen LogP contribution in [0.1, 0.15) is 5.56 Å². The van der Waals surface area contributed by atoms with Crippen molar-refractivity contribution in [1.29, 1.82) is 0 Å². The number of urea groups is 1. The molecule has 4 rings (SSSR count). The summed E-state index contributed by atoms with van der Waals surface area (Å²) in [5.41, 5.74) is 3.61. The van der Waals surface area contributed by atoms with Gasteiger partial charge in [0, 0.05) is 30.0 Å². The standard InChI is InChI=1S/C23H18FN3O/c24-18-7-4-8-19(13-18)27-23(28)26-14-17-9-10-20(16-5-2-1-3-6-16)21-11-12-25-15-22(17)21/h1-13,15H,14H2,(H2,26,27,28). The molecule has 0 fully saturated rings. The Kier molecular flexibility index (Phi) is 4.97. The van der Waals surface area contributed by atoms with Crippen molar-refractivity contribution in [2.45, 2.75) is 6.54 Å². The van der Waals surface area contributed by atoms with Crippen LogP contribution in [0.25, 0.3) is 21.9 Å². The minimum Gasteiger partial charge on any atom is -0.334 e. The number of pyridine rings is 1. The summed E-state index contributed by atoms with van der Waals surface area (Å²) in [6.45, 7) is 0.332. The van der Waals surface area contributed by atoms with Crippen molar-refractivity contribution in [3.8, 4) is 11.1 Å². The third kappa shape index (κ3) is 3.83. The number of benzene rings is 3. The Labute approximate surface area is 162 Å². The van der Waals surface area contributed by atoms with Gasteiger partial charge in [0.25, 0.3) is 0 Å². The lowest BCUT2D eigenvalue weighted by molar-refractivity contribution is 0.252. The van der Waals surface area contributed by atoms with Crippen molar-refractivity contribution >= 4 is 22.5 Å². The van der Waals surface area contributed by atoms with Crippen molar-refractivity contribution < 1.29 is 9.18 Å². The molecule has 2 amide bonds. The molecule has 4 aromatic rings. The summed E-state index contributed by atoms with van der Waals surface area (Å²) in [5.74, 6) is -0.397. The van der Waals surface area contributed by atoms with Gasteiger partial charge in [-0.25, -0.2) is 9.18 Å². The van der Waals surface area contributed by atoms with Gasteiger partial charge in [-0.05, 0) is 46.3 Å². The Morgan fingerprint density at radius 3 is 2.61 bits per heavy atom. The van der Waals surface area contributed by atoms with Crippen LogP contribution in [0.5, 0.6) is 0 Å². The van der Waals surface area contributed by atoms with Crippen LogP contribution in [0.3, 0.4) is 0 Å². The molecule has 0 bridgehead atoms. The predicted octanol–water partition coefficient (Wildman–Crippen LogP) is 5.36. The first-order valence-electron chi connectivity index (χ1n) is 8.92. The molecule has 28 heavy (non-hydrogen) atoms. The molecule has 1 heterocycles. The number of hydrogen-bond donors (Lipinski definition) is 2. The minimum absolute atomic E-state index is 0.332. The highest BCUT2D eigenvalue weighted by Crippen LogP contribution is 2.30. The van der Waals surface area contributed by atoms with Gasteiger partial charge in [-0.1, -0.05) is 48.5 Å². The molecule has 4 nitrogen and oxygen atoms in total. The zero-order valence-corrected chi connectivity index (χ0v) is 15.0. The van der Waals surface area contributed by atoms with E-state index in [-0.39, 0.29) is 0 Å². The zero-order valence-electron chi connectivity index (χ0n) is 15.0. The van der Waals surface area contributed by atoms with Crippen molar-refractivity contribution in [3.05, 3.63) is 96.6 Å². The maximum absolute atomic E-state index is 13.2. The van der Waals surface area contributed by atoms with E-state index in [2.05, 4.69) is 33.8 Å². The summed E-state index contributed by atoms with van der Waals surface area (Å²) in [6.07, 6.45) is 3.58. The van der Waals surface area contributed by atoms with Gasteiger partial charge in [0.2, 0.25) is 0 Å². The highest BCUT2D eigenvalue weighted by atomic mass is 19.1. The van der Waals surface area contributed by atoms with E-state index in [0.29, 0.717) is 12.2 Å². The third-order valence-electron chi connectivity index (χ3n) is 4.52. The van der Waals surface area contributed by atoms with Crippen LogP contribution in [0, 0.1) is 5.82 Å². The van der Waals surface area contributed by atoms with Gasteiger partial charge in [-0.3, -0.25) is 4.98 Å². The summed E-state index contributed by atoms with van der Waals surface area (Å²) < 4.78 is 13.2. The zero-order chi connectivity index (χ0) is 19.3. The van der Waals surface area contributed by atoms with Gasteiger partial charge in [-0.2, -0.15) is 0 Å². The largest absolute Gasteiger partial charge is 0.334 e. The summed E-state index contributed by atoms with van der Waals surface area (Å²) in [6, 6.07) is 21.6. The van der Waals surface area contributed by atoms with Crippen LogP contribution in [-0.4, -0.2) is 11.0 Å². The molecule has 0 saturated heterocycles. The SMILES string of the molecule is O=C(NCc1ccc(-c2ccccc2)c2ccncc12)Nc1cccc(F)c1. The first-order chi connectivity index (χ1) is 13.7. The topological polar surface area (TPSA) is 54.0 Å². The number of nitrogens with one attached hydrogen (secondary N) is 2. The Morgan fingerprint density at radius 1 is 0.929 bits per heavy atom. The lowest BCUT2D eigenvalue weighted by Gasteiger charge is -2.13. The van der Waals surface area contributed by atoms with E-state index < -0.39 is 11.8 Å². The lowest BCUT2D eigenvalue weighted by Crippen LogP contribution is -2.28. The molecule has 0 unspecified atom stereocenters. The molecule has 5 heteroatoms. The van der Waals surface area contributed by atoms with E-state index in [9.17, 15) is 9.18 Å². The number of nitrogens with zero attached hydrogens (tertiary/aromatic N) is 1. The molecule has 3 aromatic carbocycles. The molecule has 0 aliphatic carbocycles. The monoisotopic (exact) mass is 371 g/mol. The smallest absolute Gasteiger partial charge is 0.319 e. The van der Waals surface area contributed by atoms with E-state index in [1.54, 1.807) is 18.3 Å². The fraction of sp³-hybridized carbons (Fsp3) is 0.0435. The molecular formula is C23H18FN3O. The van der Waals surface area contributed by atoms with E-state index in [4.69, 9.17) is 0 Å². The number of aromatic nitrogens is 1. The summed E-state index contributed by atoms with van der Waals surface area (Å²) in [5, 5.41) is 7.51. The fourth-order valence-electron chi connectivity index (χ4n) is 3.19. The van der Waals surface area contributed by atoms with Crippen molar-refractivity contribution in [2.24, 2.45) is 0 Å². The molecule has 0 aliphatic rings. The van der Waals surface area contributed by atoms with E-state index in [0.717, 1.165) is 27.5 Å². The molecule has 0 spiro atoms. The van der Waals surface area contributed by atoms with Crippen LogP contribution < -0.4 is 10.6 Å². The van der Waals surface area contributed by atoms with Gasteiger partial charge in [0.05, 0.1) is 0 Å². The highest BCUT2D eigenvalue weighted by Gasteiger charge is 2.09. The number of rotatable bonds is 4. The average molecular weight is 371 g/mol. The number of anilines is 1. The number of hydrogen-bond acceptors (Lipinski definition) is 2. The molecule has 0 saturated carbocycles. The summed E-state index contributed by atoms with van der Waals surface area (Å²) in [7, 11) is 0. The first-order valence-corrected chi connectivity index (χ1v) is 8.92. The van der Waals surface area contributed by atoms with Gasteiger partial charge in [0.1, 0.15) is 5.82 Å². The summed E-state index contributed by atoms with van der Waals surface area (Å²) in [4.78, 5) is 16.4. The Morgan fingerprint density at radius 2 is 1.79 bits per heavy atom. The van der Waals surface area contributed by atoms with Crippen LogP contribution in [0.2, 0.25) is 0 Å². The number of carbonyl (C=O) groups is 1. The van der Waals surface area contributed by atoms with E-state index in [1.165, 1.54) is 12.1 Å². The van der Waals surface area contributed by atoms with Crippen LogP contribution in [0.4, 0.5) is 14.9 Å². The predicted molar refractivity (Wildman–Crippen MR) is 109 cm³/mol. The van der Waals surface area contributed by atoms with Gasteiger partial charge in [0.15, 0.2) is 0 Å². The van der Waals surface area contributed by atoms with Gasteiger partial charge in [-0.15, -0.1) is 0 Å². The molecule has 2 N–H and O–H groups in total. The second kappa shape index (κ2) is 7.88. The maximum atomic E-state index is 13.2. The molecule has 0 aliphatic heterocycles. The number of amides is 2. The molecule has 138 valence electrons. The van der Waals surface area contributed by atoms with Gasteiger partial charge >= 0.3 is 6.03 Å².